The number of aryl methyl sites for hydroxylation is 1. The van der Waals surface area contributed by atoms with Crippen LogP contribution in [0.2, 0.25) is 0 Å². The van der Waals surface area contributed by atoms with Crippen molar-refractivity contribution in [1.29, 1.82) is 0 Å². The van der Waals surface area contributed by atoms with Crippen molar-refractivity contribution in [2.45, 2.75) is 11.8 Å². The molecule has 0 heterocycles. The highest BCUT2D eigenvalue weighted by molar-refractivity contribution is 7.99. The zero-order valence-electron chi connectivity index (χ0n) is 16.7. The quantitative estimate of drug-likeness (QED) is 0.129. The van der Waals surface area contributed by atoms with Gasteiger partial charge in [-0.15, -0.1) is 58.2 Å². The Morgan fingerprint density at radius 3 is 1.97 bits per heavy atom. The highest BCUT2D eigenvalue weighted by atomic mass is 35.5. The molecule has 0 saturated heterocycles. The maximum Gasteiger partial charge on any atom is 0.346 e. The van der Waals surface area contributed by atoms with Crippen molar-refractivity contribution in [2.75, 3.05) is 62.1 Å². The molecule has 1 aromatic rings. The van der Waals surface area contributed by atoms with Gasteiger partial charge in [-0.05, 0) is 24.6 Å². The Labute approximate surface area is 202 Å². The van der Waals surface area contributed by atoms with Crippen LogP contribution in [0.5, 0.6) is 0 Å². The van der Waals surface area contributed by atoms with Gasteiger partial charge in [-0.3, -0.25) is 4.57 Å². The van der Waals surface area contributed by atoms with E-state index in [0.717, 1.165) is 10.5 Å². The first-order chi connectivity index (χ1) is 14.3. The van der Waals surface area contributed by atoms with Gasteiger partial charge in [-0.1, -0.05) is 6.07 Å². The Morgan fingerprint density at radius 2 is 1.53 bits per heavy atom. The first-order valence-electron chi connectivity index (χ1n) is 9.30. The van der Waals surface area contributed by atoms with Crippen molar-refractivity contribution in [3.8, 4) is 0 Å². The van der Waals surface area contributed by atoms with Gasteiger partial charge in [-0.25, -0.2) is 14.1 Å². The lowest BCUT2D eigenvalue weighted by Gasteiger charge is -2.37. The number of benzene rings is 1. The first kappa shape index (κ1) is 28.3. The lowest BCUT2D eigenvalue weighted by atomic mass is 10.1. The molecule has 0 atom stereocenters. The summed E-state index contributed by atoms with van der Waals surface area (Å²) in [7, 11) is -3.44. The molecule has 30 heavy (non-hydrogen) atoms. The molecule has 172 valence electrons. The van der Waals surface area contributed by atoms with Gasteiger partial charge < -0.3 is 9.63 Å². The number of halogens is 4. The summed E-state index contributed by atoms with van der Waals surface area (Å²) in [4.78, 5) is 12.0. The summed E-state index contributed by atoms with van der Waals surface area (Å²) < 4.78 is 23.2. The van der Waals surface area contributed by atoms with Gasteiger partial charge in [0.05, 0.1) is 12.2 Å². The van der Waals surface area contributed by atoms with Crippen LogP contribution in [0.15, 0.2) is 23.1 Å². The largest absolute Gasteiger partial charge is 0.478 e. The number of hydrogen-bond donors (Lipinski definition) is 1. The molecule has 1 rings (SSSR count). The molecule has 0 spiro atoms. The van der Waals surface area contributed by atoms with Gasteiger partial charge in [0.1, 0.15) is 0 Å². The molecule has 0 aliphatic heterocycles. The molecule has 0 fully saturated rings. The SMILES string of the molecule is Cc1ccc(C(=O)O)cc1SCCOP(=O)(N(CCCl)CCCl)N(CCCl)CCCl. The number of carboxylic acid groups (broad SMARTS) is 1. The summed E-state index contributed by atoms with van der Waals surface area (Å²) in [5.41, 5.74) is 1.19. The van der Waals surface area contributed by atoms with E-state index in [4.69, 9.17) is 50.9 Å². The molecule has 0 saturated carbocycles. The van der Waals surface area contributed by atoms with E-state index in [1.807, 2.05) is 6.92 Å². The summed E-state index contributed by atoms with van der Waals surface area (Å²) in [5.74, 6) is 0.601. The minimum Gasteiger partial charge on any atom is -0.478 e. The van der Waals surface area contributed by atoms with Crippen LogP contribution in [0, 0.1) is 6.92 Å². The molecule has 0 aromatic heterocycles. The van der Waals surface area contributed by atoms with Gasteiger partial charge in [0.25, 0.3) is 0 Å². The second kappa shape index (κ2) is 15.2. The van der Waals surface area contributed by atoms with Gasteiger partial charge in [0.2, 0.25) is 0 Å². The fraction of sp³-hybridized carbons (Fsp3) is 0.611. The molecule has 1 aromatic carbocycles. The zero-order valence-corrected chi connectivity index (χ0v) is 21.5. The average Bonchev–Trinajstić information content (AvgIpc) is 2.71. The Kier molecular flexibility index (Phi) is 14.4. The summed E-state index contributed by atoms with van der Waals surface area (Å²) in [6.07, 6.45) is 0. The normalized spacial score (nSPS) is 12.1. The van der Waals surface area contributed by atoms with Gasteiger partial charge in [0, 0.05) is 60.3 Å². The predicted octanol–water partition coefficient (Wildman–Crippen LogP) is 5.47. The van der Waals surface area contributed by atoms with Crippen LogP contribution in [-0.2, 0) is 9.09 Å². The van der Waals surface area contributed by atoms with E-state index in [1.54, 1.807) is 27.5 Å². The lowest BCUT2D eigenvalue weighted by molar-refractivity contribution is 0.0696. The molecule has 1 N–H and O–H groups in total. The summed E-state index contributed by atoms with van der Waals surface area (Å²) in [5, 5.41) is 9.18. The Balaban J connectivity index is 2.93. The van der Waals surface area contributed by atoms with Crippen molar-refractivity contribution in [1.82, 2.24) is 9.34 Å². The van der Waals surface area contributed by atoms with Gasteiger partial charge in [0.15, 0.2) is 0 Å². The minimum absolute atomic E-state index is 0.181. The summed E-state index contributed by atoms with van der Waals surface area (Å²) in [6, 6.07) is 4.96. The maximum absolute atomic E-state index is 13.9. The van der Waals surface area contributed by atoms with Gasteiger partial charge >= 0.3 is 13.6 Å². The van der Waals surface area contributed by atoms with Crippen molar-refractivity contribution in [3.05, 3.63) is 29.3 Å². The van der Waals surface area contributed by atoms with Crippen molar-refractivity contribution >= 4 is 71.8 Å². The molecule has 0 unspecified atom stereocenters. The third kappa shape index (κ3) is 8.68. The molecule has 12 heteroatoms. The van der Waals surface area contributed by atoms with E-state index in [-0.39, 0.29) is 35.7 Å². The fourth-order valence-corrected chi connectivity index (χ4v) is 7.39. The third-order valence-corrected chi connectivity index (χ3v) is 8.67. The number of carboxylic acids is 1. The standard InChI is InChI=1S/C18H27Cl4N2O4PS/c1-15-2-3-16(18(25)26)14-17(15)30-13-12-28-29(27,23(8-4-19)9-5-20)24(10-6-21)11-7-22/h2-3,14H,4-13H2,1H3,(H,25,26). The monoisotopic (exact) mass is 538 g/mol. The van der Waals surface area contributed by atoms with E-state index in [1.165, 1.54) is 11.8 Å². The van der Waals surface area contributed by atoms with Crippen LogP contribution in [0.1, 0.15) is 15.9 Å². The molecule has 0 bridgehead atoms. The summed E-state index contributed by atoms with van der Waals surface area (Å²) in [6.45, 7) is 3.48. The summed E-state index contributed by atoms with van der Waals surface area (Å²) >= 11 is 25.1. The Hall–Kier alpha value is 0.310. The van der Waals surface area contributed by atoms with Crippen molar-refractivity contribution in [3.63, 3.8) is 0 Å². The number of alkyl halides is 4. The van der Waals surface area contributed by atoms with Crippen LogP contribution in [0.25, 0.3) is 0 Å². The topological polar surface area (TPSA) is 70.1 Å². The third-order valence-electron chi connectivity index (χ3n) is 4.12. The van der Waals surface area contributed by atoms with E-state index >= 15 is 0 Å². The highest BCUT2D eigenvalue weighted by Crippen LogP contribution is 2.54. The second-order valence-corrected chi connectivity index (χ2v) is 11.1. The molecule has 6 nitrogen and oxygen atoms in total. The average molecular weight is 540 g/mol. The van der Waals surface area contributed by atoms with Crippen LogP contribution in [0.4, 0.5) is 0 Å². The zero-order chi connectivity index (χ0) is 22.6. The molecular weight excluding hydrogens is 513 g/mol. The smallest absolute Gasteiger partial charge is 0.346 e. The number of thioether (sulfide) groups is 1. The fourth-order valence-electron chi connectivity index (χ4n) is 2.66. The predicted molar refractivity (Wildman–Crippen MR) is 128 cm³/mol. The lowest BCUT2D eigenvalue weighted by Crippen LogP contribution is -2.37. The number of rotatable bonds is 16. The first-order valence-corrected chi connectivity index (χ1v) is 14.0. The Bertz CT molecular complexity index is 685. The van der Waals surface area contributed by atoms with E-state index in [2.05, 4.69) is 0 Å². The number of hydrogen-bond acceptors (Lipinski definition) is 4. The van der Waals surface area contributed by atoms with Gasteiger partial charge in [-0.2, -0.15) is 0 Å². The van der Waals surface area contributed by atoms with E-state index in [9.17, 15) is 14.5 Å². The second-order valence-electron chi connectivity index (χ2n) is 6.12. The van der Waals surface area contributed by atoms with Crippen LogP contribution in [0.3, 0.4) is 0 Å². The van der Waals surface area contributed by atoms with Crippen molar-refractivity contribution in [2.24, 2.45) is 0 Å². The number of aromatic carboxylic acids is 1. The number of carbonyl (C=O) groups is 1. The molecular formula is C18H27Cl4N2O4PS. The van der Waals surface area contributed by atoms with Crippen LogP contribution < -0.4 is 0 Å². The highest BCUT2D eigenvalue weighted by Gasteiger charge is 2.37. The number of nitrogens with zero attached hydrogens (tertiary/aromatic N) is 2. The van der Waals surface area contributed by atoms with Crippen molar-refractivity contribution < 1.29 is 19.0 Å². The van der Waals surface area contributed by atoms with Crippen LogP contribution in [-0.4, -0.2) is 82.5 Å². The maximum atomic E-state index is 13.9. The minimum atomic E-state index is -3.44. The molecule has 0 radical (unpaired) electrons. The molecule has 0 aliphatic carbocycles. The molecule has 0 amide bonds. The van der Waals surface area contributed by atoms with Crippen LogP contribution >= 0.6 is 65.8 Å². The van der Waals surface area contributed by atoms with E-state index in [0.29, 0.717) is 31.9 Å². The molecule has 0 aliphatic rings. The Morgan fingerprint density at radius 1 is 1.03 bits per heavy atom. The van der Waals surface area contributed by atoms with E-state index < -0.39 is 13.6 Å².